The van der Waals surface area contributed by atoms with Gasteiger partial charge in [0.15, 0.2) is 5.16 Å². The maximum Gasteiger partial charge on any atom is 0.245 e. The second kappa shape index (κ2) is 9.65. The molecule has 2 heterocycles. The summed E-state index contributed by atoms with van der Waals surface area (Å²) in [6.07, 6.45) is 3.56. The third-order valence-corrected chi connectivity index (χ3v) is 5.47. The van der Waals surface area contributed by atoms with E-state index in [0.29, 0.717) is 11.5 Å². The molecule has 2 aromatic carbocycles. The van der Waals surface area contributed by atoms with Gasteiger partial charge in [0.2, 0.25) is 5.91 Å². The zero-order chi connectivity index (χ0) is 22.5. The number of para-hydroxylation sites is 1. The molecule has 162 valence electrons. The van der Waals surface area contributed by atoms with E-state index < -0.39 is 0 Å². The summed E-state index contributed by atoms with van der Waals surface area (Å²) < 4.78 is 13.4. The quantitative estimate of drug-likeness (QED) is 0.387. The highest BCUT2D eigenvalue weighted by atomic mass is 32.2. The van der Waals surface area contributed by atoms with Crippen molar-refractivity contribution in [3.05, 3.63) is 78.7 Å². The van der Waals surface area contributed by atoms with Crippen LogP contribution in [0.1, 0.15) is 0 Å². The lowest BCUT2D eigenvalue weighted by Crippen LogP contribution is -2.30. The molecule has 0 aliphatic heterocycles. The number of imidazole rings is 1. The van der Waals surface area contributed by atoms with Crippen LogP contribution in [0.4, 0.5) is 15.9 Å². The summed E-state index contributed by atoms with van der Waals surface area (Å²) in [6, 6.07) is 19.6. The van der Waals surface area contributed by atoms with Gasteiger partial charge in [-0.25, -0.2) is 14.4 Å². The van der Waals surface area contributed by atoms with Gasteiger partial charge in [0.1, 0.15) is 11.6 Å². The van der Waals surface area contributed by atoms with Crippen LogP contribution in [0.25, 0.3) is 22.5 Å². The fourth-order valence-corrected chi connectivity index (χ4v) is 3.69. The molecular formula is C24H22FN5OS. The van der Waals surface area contributed by atoms with E-state index in [1.54, 1.807) is 24.4 Å². The van der Waals surface area contributed by atoms with Crippen molar-refractivity contribution in [3.8, 4) is 22.5 Å². The second-order valence-corrected chi connectivity index (χ2v) is 7.94. The lowest BCUT2D eigenvalue weighted by Gasteiger charge is -2.18. The maximum absolute atomic E-state index is 13.4. The van der Waals surface area contributed by atoms with Crippen LogP contribution >= 0.6 is 11.8 Å². The highest BCUT2D eigenvalue weighted by Crippen LogP contribution is 2.33. The Morgan fingerprint density at radius 3 is 2.56 bits per heavy atom. The van der Waals surface area contributed by atoms with Crippen molar-refractivity contribution in [2.75, 3.05) is 30.1 Å². The molecule has 0 fully saturated rings. The molecule has 0 aliphatic rings. The first-order chi connectivity index (χ1) is 15.5. The molecular weight excluding hydrogens is 425 g/mol. The number of nitrogens with one attached hydrogen (secondary N) is 2. The molecule has 0 spiro atoms. The van der Waals surface area contributed by atoms with E-state index in [2.05, 4.69) is 20.3 Å². The van der Waals surface area contributed by atoms with E-state index in [4.69, 9.17) is 0 Å². The van der Waals surface area contributed by atoms with Gasteiger partial charge in [-0.2, -0.15) is 0 Å². The summed E-state index contributed by atoms with van der Waals surface area (Å²) in [5.41, 5.74) is 4.06. The van der Waals surface area contributed by atoms with Gasteiger partial charge < -0.3 is 15.2 Å². The largest absolute Gasteiger partial charge is 0.365 e. The third kappa shape index (κ3) is 4.97. The molecule has 4 aromatic rings. The number of likely N-dealkylation sites (N-methyl/N-ethyl adjacent to an activating group) is 1. The van der Waals surface area contributed by atoms with Crippen LogP contribution in [-0.4, -0.2) is 40.7 Å². The smallest absolute Gasteiger partial charge is 0.245 e. The van der Waals surface area contributed by atoms with E-state index in [1.165, 1.54) is 23.9 Å². The number of carbonyl (C=O) groups is 1. The van der Waals surface area contributed by atoms with Gasteiger partial charge in [-0.05, 0) is 54.8 Å². The summed E-state index contributed by atoms with van der Waals surface area (Å²) in [4.78, 5) is 26.7. The van der Waals surface area contributed by atoms with Gasteiger partial charge in [-0.1, -0.05) is 30.0 Å². The maximum atomic E-state index is 13.4. The Kier molecular flexibility index (Phi) is 6.51. The minimum Gasteiger partial charge on any atom is -0.365 e. The molecule has 32 heavy (non-hydrogen) atoms. The third-order valence-electron chi connectivity index (χ3n) is 4.89. The number of thioether (sulfide) groups is 1. The summed E-state index contributed by atoms with van der Waals surface area (Å²) in [7, 11) is 1.86. The van der Waals surface area contributed by atoms with E-state index in [-0.39, 0.29) is 18.3 Å². The average Bonchev–Trinajstić information content (AvgIpc) is 3.25. The van der Waals surface area contributed by atoms with Crippen molar-refractivity contribution < 1.29 is 9.18 Å². The summed E-state index contributed by atoms with van der Waals surface area (Å²) >= 11 is 1.48. The number of pyridine rings is 1. The van der Waals surface area contributed by atoms with Crippen LogP contribution in [0.3, 0.4) is 0 Å². The van der Waals surface area contributed by atoms with E-state index in [1.807, 2.05) is 54.6 Å². The molecule has 0 saturated carbocycles. The lowest BCUT2D eigenvalue weighted by atomic mass is 10.1. The monoisotopic (exact) mass is 447 g/mol. The first-order valence-electron chi connectivity index (χ1n) is 9.96. The van der Waals surface area contributed by atoms with Crippen LogP contribution in [0.2, 0.25) is 0 Å². The fourth-order valence-electron chi connectivity index (χ4n) is 3.30. The second-order valence-electron chi connectivity index (χ2n) is 7.15. The number of halogens is 1. The standard InChI is InChI=1S/C24H22FN5OS/c1-30(19-6-4-3-5-7-19)15-21(31)27-20-14-17(12-13-26-20)23-22(28-24(29-23)32-2)16-8-10-18(25)11-9-16/h3-14H,15H2,1-2H3,(H,28,29)(H,26,27,31). The van der Waals surface area contributed by atoms with Gasteiger partial charge >= 0.3 is 0 Å². The summed E-state index contributed by atoms with van der Waals surface area (Å²) in [6.45, 7) is 0.190. The minimum absolute atomic E-state index is 0.174. The molecule has 2 aromatic heterocycles. The zero-order valence-electron chi connectivity index (χ0n) is 17.7. The van der Waals surface area contributed by atoms with E-state index in [9.17, 15) is 9.18 Å². The SMILES string of the molecule is CSc1nc(-c2ccnc(NC(=O)CN(C)c3ccccc3)c2)c(-c2ccc(F)cc2)[nH]1. The van der Waals surface area contributed by atoms with E-state index >= 15 is 0 Å². The molecule has 0 bridgehead atoms. The molecule has 4 rings (SSSR count). The molecule has 6 nitrogen and oxygen atoms in total. The predicted molar refractivity (Wildman–Crippen MR) is 127 cm³/mol. The van der Waals surface area contributed by atoms with Gasteiger partial charge in [0.25, 0.3) is 0 Å². The number of amides is 1. The van der Waals surface area contributed by atoms with Crippen molar-refractivity contribution >= 4 is 29.2 Å². The summed E-state index contributed by atoms with van der Waals surface area (Å²) in [5, 5.41) is 3.60. The van der Waals surface area contributed by atoms with Crippen LogP contribution in [0.15, 0.2) is 78.1 Å². The van der Waals surface area contributed by atoms with Crippen molar-refractivity contribution in [3.63, 3.8) is 0 Å². The van der Waals surface area contributed by atoms with Gasteiger partial charge in [-0.3, -0.25) is 4.79 Å². The molecule has 0 aliphatic carbocycles. The molecule has 0 unspecified atom stereocenters. The Balaban J connectivity index is 1.56. The highest BCUT2D eigenvalue weighted by Gasteiger charge is 2.16. The van der Waals surface area contributed by atoms with Crippen LogP contribution in [-0.2, 0) is 4.79 Å². The Bertz CT molecular complexity index is 1210. The lowest BCUT2D eigenvalue weighted by molar-refractivity contribution is -0.114. The van der Waals surface area contributed by atoms with Crippen LogP contribution < -0.4 is 10.2 Å². The number of benzene rings is 2. The fraction of sp³-hybridized carbons (Fsp3) is 0.125. The number of aromatic nitrogens is 3. The summed E-state index contributed by atoms with van der Waals surface area (Å²) in [5.74, 6) is -0.0337. The molecule has 0 radical (unpaired) electrons. The van der Waals surface area contributed by atoms with Crippen molar-refractivity contribution in [1.82, 2.24) is 15.0 Å². The number of anilines is 2. The van der Waals surface area contributed by atoms with Crippen molar-refractivity contribution in [2.24, 2.45) is 0 Å². The molecule has 0 atom stereocenters. The molecule has 8 heteroatoms. The van der Waals surface area contributed by atoms with Crippen LogP contribution in [0.5, 0.6) is 0 Å². The molecule has 2 N–H and O–H groups in total. The van der Waals surface area contributed by atoms with Gasteiger partial charge in [-0.15, -0.1) is 0 Å². The van der Waals surface area contributed by atoms with Gasteiger partial charge in [0, 0.05) is 30.1 Å². The Labute approximate surface area is 189 Å². The average molecular weight is 448 g/mol. The molecule has 1 amide bonds. The molecule has 0 saturated heterocycles. The topological polar surface area (TPSA) is 73.9 Å². The zero-order valence-corrected chi connectivity index (χ0v) is 18.5. The number of hydrogen-bond donors (Lipinski definition) is 2. The van der Waals surface area contributed by atoms with Crippen molar-refractivity contribution in [2.45, 2.75) is 5.16 Å². The Morgan fingerprint density at radius 2 is 1.84 bits per heavy atom. The number of carbonyl (C=O) groups excluding carboxylic acids is 1. The Morgan fingerprint density at radius 1 is 1.09 bits per heavy atom. The van der Waals surface area contributed by atoms with Gasteiger partial charge in [0.05, 0.1) is 17.9 Å². The normalized spacial score (nSPS) is 10.7. The number of H-pyrrole nitrogens is 1. The number of hydrogen-bond acceptors (Lipinski definition) is 5. The predicted octanol–water partition coefficient (Wildman–Crippen LogP) is 5.07. The van der Waals surface area contributed by atoms with Crippen molar-refractivity contribution in [1.29, 1.82) is 0 Å². The number of aromatic amines is 1. The highest BCUT2D eigenvalue weighted by molar-refractivity contribution is 7.98. The van der Waals surface area contributed by atoms with E-state index in [0.717, 1.165) is 27.7 Å². The van der Waals surface area contributed by atoms with Crippen LogP contribution in [0, 0.1) is 5.82 Å². The minimum atomic E-state index is -0.297. The Hall–Kier alpha value is -3.65. The first-order valence-corrected chi connectivity index (χ1v) is 11.2. The number of nitrogens with zero attached hydrogens (tertiary/aromatic N) is 3. The number of rotatable bonds is 7. The first kappa shape index (κ1) is 21.6.